The van der Waals surface area contributed by atoms with E-state index >= 15 is 0 Å². The molecule has 0 saturated carbocycles. The number of aromatic carboxylic acids is 1. The molecule has 0 amide bonds. The van der Waals surface area contributed by atoms with Gasteiger partial charge in [0.25, 0.3) is 0 Å². The number of aromatic nitrogens is 2. The van der Waals surface area contributed by atoms with Crippen molar-refractivity contribution in [3.63, 3.8) is 0 Å². The first-order valence-electron chi connectivity index (χ1n) is 6.02. The Labute approximate surface area is 106 Å². The maximum Gasteiger partial charge on any atom is 0.339 e. The molecule has 0 atom stereocenters. The molecule has 0 bridgehead atoms. The lowest BCUT2D eigenvalue weighted by Gasteiger charge is -2.03. The first-order valence-corrected chi connectivity index (χ1v) is 6.02. The van der Waals surface area contributed by atoms with Gasteiger partial charge in [0.15, 0.2) is 0 Å². The second-order valence-corrected chi connectivity index (χ2v) is 4.21. The number of carboxylic acid groups (broad SMARTS) is 1. The van der Waals surface area contributed by atoms with Crippen LogP contribution in [0.15, 0.2) is 30.3 Å². The summed E-state index contributed by atoms with van der Waals surface area (Å²) in [6.07, 6.45) is 1.56. The smallest absolute Gasteiger partial charge is 0.339 e. The largest absolute Gasteiger partial charge is 0.478 e. The molecule has 0 radical (unpaired) electrons. The molecule has 1 aromatic carbocycles. The Morgan fingerprint density at radius 1 is 1.33 bits per heavy atom. The molecule has 0 saturated heterocycles. The van der Waals surface area contributed by atoms with Gasteiger partial charge in [-0.25, -0.2) is 9.48 Å². The van der Waals surface area contributed by atoms with Gasteiger partial charge < -0.3 is 5.11 Å². The summed E-state index contributed by atoms with van der Waals surface area (Å²) in [7, 11) is 0. The molecule has 1 N–H and O–H groups in total. The van der Waals surface area contributed by atoms with Gasteiger partial charge in [0, 0.05) is 0 Å². The van der Waals surface area contributed by atoms with Crippen molar-refractivity contribution in [1.29, 1.82) is 0 Å². The zero-order valence-electron chi connectivity index (χ0n) is 10.6. The van der Waals surface area contributed by atoms with Gasteiger partial charge in [-0.15, -0.1) is 0 Å². The van der Waals surface area contributed by atoms with E-state index in [9.17, 15) is 9.90 Å². The number of aryl methyl sites for hydroxylation is 1. The van der Waals surface area contributed by atoms with Crippen LogP contribution >= 0.6 is 0 Å². The molecule has 1 heterocycles. The molecule has 94 valence electrons. The number of carbonyl (C=O) groups is 1. The van der Waals surface area contributed by atoms with Gasteiger partial charge in [-0.2, -0.15) is 5.10 Å². The lowest BCUT2D eigenvalue weighted by molar-refractivity contribution is 0.0695. The number of para-hydroxylation sites is 1. The van der Waals surface area contributed by atoms with Crippen molar-refractivity contribution >= 4 is 5.97 Å². The van der Waals surface area contributed by atoms with Crippen LogP contribution in [0.1, 0.15) is 35.1 Å². The fourth-order valence-corrected chi connectivity index (χ4v) is 2.07. The highest BCUT2D eigenvalue weighted by atomic mass is 16.4. The van der Waals surface area contributed by atoms with Crippen LogP contribution in [0.5, 0.6) is 0 Å². The van der Waals surface area contributed by atoms with Gasteiger partial charge in [0.1, 0.15) is 5.56 Å². The molecule has 0 aliphatic rings. The van der Waals surface area contributed by atoms with Gasteiger partial charge in [-0.1, -0.05) is 31.5 Å². The van der Waals surface area contributed by atoms with Gasteiger partial charge in [0.05, 0.1) is 17.1 Å². The van der Waals surface area contributed by atoms with E-state index in [1.807, 2.05) is 37.3 Å². The molecule has 0 aliphatic heterocycles. The Balaban J connectivity index is 2.57. The molecule has 0 spiro atoms. The van der Waals surface area contributed by atoms with Gasteiger partial charge >= 0.3 is 5.97 Å². The van der Waals surface area contributed by atoms with Crippen LogP contribution in [0.3, 0.4) is 0 Å². The first-order chi connectivity index (χ1) is 8.65. The molecule has 0 fully saturated rings. The highest BCUT2D eigenvalue weighted by molar-refractivity contribution is 5.90. The molecular weight excluding hydrogens is 228 g/mol. The normalized spacial score (nSPS) is 10.6. The van der Waals surface area contributed by atoms with Crippen LogP contribution in [0.4, 0.5) is 0 Å². The molecule has 2 rings (SSSR count). The summed E-state index contributed by atoms with van der Waals surface area (Å²) in [6.45, 7) is 3.81. The molecule has 18 heavy (non-hydrogen) atoms. The Hall–Kier alpha value is -2.10. The Kier molecular flexibility index (Phi) is 3.46. The van der Waals surface area contributed by atoms with Crippen molar-refractivity contribution in [3.8, 4) is 5.69 Å². The standard InChI is InChI=1S/C14H16N2O2/c1-3-7-12-13(14(17)18)10(2)16(15-12)11-8-5-4-6-9-11/h4-6,8-9H,3,7H2,1-2H3,(H,17,18). The van der Waals surface area contributed by atoms with Crippen molar-refractivity contribution in [2.75, 3.05) is 0 Å². The van der Waals surface area contributed by atoms with E-state index in [0.717, 1.165) is 12.1 Å². The van der Waals surface area contributed by atoms with Crippen LogP contribution in [-0.2, 0) is 6.42 Å². The van der Waals surface area contributed by atoms with E-state index in [4.69, 9.17) is 0 Å². The summed E-state index contributed by atoms with van der Waals surface area (Å²) < 4.78 is 1.70. The van der Waals surface area contributed by atoms with Crippen molar-refractivity contribution in [2.45, 2.75) is 26.7 Å². The van der Waals surface area contributed by atoms with Gasteiger partial charge in [0.2, 0.25) is 0 Å². The molecule has 0 unspecified atom stereocenters. The van der Waals surface area contributed by atoms with E-state index in [2.05, 4.69) is 5.10 Å². The molecular formula is C14H16N2O2. The Morgan fingerprint density at radius 3 is 2.56 bits per heavy atom. The highest BCUT2D eigenvalue weighted by Crippen LogP contribution is 2.19. The van der Waals surface area contributed by atoms with E-state index in [-0.39, 0.29) is 0 Å². The number of carboxylic acids is 1. The number of benzene rings is 1. The minimum Gasteiger partial charge on any atom is -0.478 e. The average Bonchev–Trinajstić information content (AvgIpc) is 2.68. The van der Waals surface area contributed by atoms with Crippen LogP contribution in [0.25, 0.3) is 5.69 Å². The zero-order chi connectivity index (χ0) is 13.1. The van der Waals surface area contributed by atoms with E-state index < -0.39 is 5.97 Å². The summed E-state index contributed by atoms with van der Waals surface area (Å²) >= 11 is 0. The fourth-order valence-electron chi connectivity index (χ4n) is 2.07. The minimum absolute atomic E-state index is 0.334. The van der Waals surface area contributed by atoms with E-state index in [1.165, 1.54) is 0 Å². The van der Waals surface area contributed by atoms with E-state index in [1.54, 1.807) is 11.6 Å². The third kappa shape index (κ3) is 2.14. The third-order valence-corrected chi connectivity index (χ3v) is 2.89. The first kappa shape index (κ1) is 12.4. The van der Waals surface area contributed by atoms with E-state index in [0.29, 0.717) is 23.4 Å². The van der Waals surface area contributed by atoms with Crippen LogP contribution in [-0.4, -0.2) is 20.9 Å². The summed E-state index contributed by atoms with van der Waals surface area (Å²) in [5, 5.41) is 13.7. The number of hydrogen-bond donors (Lipinski definition) is 1. The zero-order valence-corrected chi connectivity index (χ0v) is 10.6. The fraction of sp³-hybridized carbons (Fsp3) is 0.286. The second kappa shape index (κ2) is 5.04. The monoisotopic (exact) mass is 244 g/mol. The van der Waals surface area contributed by atoms with Crippen molar-refractivity contribution in [3.05, 3.63) is 47.3 Å². The Bertz CT molecular complexity index is 559. The predicted octanol–water partition coefficient (Wildman–Crippen LogP) is 2.83. The highest BCUT2D eigenvalue weighted by Gasteiger charge is 2.20. The van der Waals surface area contributed by atoms with Gasteiger partial charge in [-0.3, -0.25) is 0 Å². The van der Waals surface area contributed by atoms with Crippen LogP contribution < -0.4 is 0 Å². The molecule has 4 heteroatoms. The maximum atomic E-state index is 11.3. The summed E-state index contributed by atoms with van der Waals surface area (Å²) in [5.41, 5.74) is 2.56. The lowest BCUT2D eigenvalue weighted by atomic mass is 10.1. The molecule has 0 aliphatic carbocycles. The lowest BCUT2D eigenvalue weighted by Crippen LogP contribution is -2.03. The Morgan fingerprint density at radius 2 is 2.00 bits per heavy atom. The third-order valence-electron chi connectivity index (χ3n) is 2.89. The quantitative estimate of drug-likeness (QED) is 0.899. The summed E-state index contributed by atoms with van der Waals surface area (Å²) in [6, 6.07) is 9.59. The van der Waals surface area contributed by atoms with Crippen molar-refractivity contribution in [1.82, 2.24) is 9.78 Å². The number of nitrogens with zero attached hydrogens (tertiary/aromatic N) is 2. The summed E-state index contributed by atoms with van der Waals surface area (Å²) in [4.78, 5) is 11.3. The number of rotatable bonds is 4. The van der Waals surface area contributed by atoms with Gasteiger partial charge in [-0.05, 0) is 25.5 Å². The molecule has 2 aromatic rings. The maximum absolute atomic E-state index is 11.3. The molecule has 4 nitrogen and oxygen atoms in total. The predicted molar refractivity (Wildman–Crippen MR) is 69.3 cm³/mol. The van der Waals surface area contributed by atoms with Crippen LogP contribution in [0, 0.1) is 6.92 Å². The number of hydrogen-bond acceptors (Lipinski definition) is 2. The molecule has 1 aromatic heterocycles. The summed E-state index contributed by atoms with van der Waals surface area (Å²) in [5.74, 6) is -0.905. The minimum atomic E-state index is -0.905. The second-order valence-electron chi connectivity index (χ2n) is 4.21. The SMILES string of the molecule is CCCc1nn(-c2ccccc2)c(C)c1C(=O)O. The van der Waals surface area contributed by atoms with Crippen molar-refractivity contribution in [2.24, 2.45) is 0 Å². The van der Waals surface area contributed by atoms with Crippen LogP contribution in [0.2, 0.25) is 0 Å². The average molecular weight is 244 g/mol. The van der Waals surface area contributed by atoms with Crippen molar-refractivity contribution < 1.29 is 9.90 Å². The topological polar surface area (TPSA) is 55.1 Å².